The quantitative estimate of drug-likeness (QED) is 0.296. The van der Waals surface area contributed by atoms with Gasteiger partial charge < -0.3 is 14.9 Å². The van der Waals surface area contributed by atoms with Gasteiger partial charge in [-0.25, -0.2) is 8.42 Å². The van der Waals surface area contributed by atoms with E-state index in [1.165, 1.54) is 4.31 Å². The van der Waals surface area contributed by atoms with Crippen molar-refractivity contribution in [2.75, 3.05) is 17.5 Å². The number of aliphatic hydroxyl groups excluding tert-OH is 1. The third-order valence-electron chi connectivity index (χ3n) is 6.37. The smallest absolute Gasteiger partial charge is 0.303 e. The van der Waals surface area contributed by atoms with E-state index in [9.17, 15) is 18.3 Å². The fourth-order valence-electron chi connectivity index (χ4n) is 4.08. The molecule has 0 saturated heterocycles. The molecule has 0 unspecified atom stereocenters. The largest absolute Gasteiger partial charge is 0.493 e. The van der Waals surface area contributed by atoms with E-state index in [1.807, 2.05) is 36.4 Å². The Morgan fingerprint density at radius 2 is 1.76 bits per heavy atom. The summed E-state index contributed by atoms with van der Waals surface area (Å²) in [7, 11) is -3.70. The number of para-hydroxylation sites is 1. The number of aliphatic carboxylic acids is 1. The number of carboxylic acid groups (broad SMARTS) is 1. The summed E-state index contributed by atoms with van der Waals surface area (Å²) in [5.74, 6) is 0.120. The summed E-state index contributed by atoms with van der Waals surface area (Å²) in [6.45, 7) is 0.707. The van der Waals surface area contributed by atoms with Gasteiger partial charge in [0.05, 0.1) is 23.3 Å². The highest BCUT2D eigenvalue weighted by atomic mass is 32.2. The van der Waals surface area contributed by atoms with Crippen molar-refractivity contribution in [3.05, 3.63) is 96.1 Å². The number of hydrogen-bond donors (Lipinski definition) is 2. The van der Waals surface area contributed by atoms with Crippen molar-refractivity contribution in [1.82, 2.24) is 0 Å². The van der Waals surface area contributed by atoms with Crippen molar-refractivity contribution in [2.45, 2.75) is 43.1 Å². The number of carboxylic acids is 1. The molecule has 1 saturated carbocycles. The van der Waals surface area contributed by atoms with Gasteiger partial charge in [-0.05, 0) is 66.6 Å². The minimum absolute atomic E-state index is 0.0233. The minimum Gasteiger partial charge on any atom is -0.493 e. The van der Waals surface area contributed by atoms with E-state index >= 15 is 0 Å². The van der Waals surface area contributed by atoms with Crippen LogP contribution in [0.5, 0.6) is 5.75 Å². The van der Waals surface area contributed by atoms with Crippen LogP contribution in [0.4, 0.5) is 5.69 Å². The van der Waals surface area contributed by atoms with E-state index in [-0.39, 0.29) is 17.9 Å². The highest BCUT2D eigenvalue weighted by Crippen LogP contribution is 2.34. The summed E-state index contributed by atoms with van der Waals surface area (Å²) < 4.78 is 34.2. The van der Waals surface area contributed by atoms with Crippen LogP contribution in [-0.4, -0.2) is 43.9 Å². The molecule has 0 bridgehead atoms. The van der Waals surface area contributed by atoms with Gasteiger partial charge in [-0.2, -0.15) is 0 Å². The predicted molar refractivity (Wildman–Crippen MR) is 148 cm³/mol. The number of aryl methyl sites for hydroxylation is 1. The molecule has 8 heteroatoms. The fraction of sp³-hybridized carbons (Fsp3) is 0.300. The van der Waals surface area contributed by atoms with Gasteiger partial charge in [0.2, 0.25) is 0 Å². The van der Waals surface area contributed by atoms with Crippen LogP contribution >= 0.6 is 0 Å². The van der Waals surface area contributed by atoms with Crippen LogP contribution in [0.25, 0.3) is 6.08 Å². The number of rotatable bonds is 14. The number of nitrogens with zero attached hydrogens (tertiary/aromatic N) is 1. The third-order valence-corrected chi connectivity index (χ3v) is 8.18. The Kier molecular flexibility index (Phi) is 9.20. The molecule has 7 nitrogen and oxygen atoms in total. The van der Waals surface area contributed by atoms with Gasteiger partial charge in [-0.3, -0.25) is 9.10 Å². The molecule has 1 aliphatic carbocycles. The first-order chi connectivity index (χ1) is 18.3. The van der Waals surface area contributed by atoms with Crippen molar-refractivity contribution >= 4 is 27.8 Å². The highest BCUT2D eigenvalue weighted by Gasteiger charge is 2.32. The monoisotopic (exact) mass is 535 g/mol. The van der Waals surface area contributed by atoms with Crippen molar-refractivity contribution in [1.29, 1.82) is 0 Å². The SMILES string of the molecule is O=C(O)CCc1ccccc1OCC[C@@H](O)/C=C/c1cccc(N(CC2CC2)S(=O)(=O)c2ccccc2)c1. The molecule has 1 fully saturated rings. The zero-order valence-corrected chi connectivity index (χ0v) is 22.0. The second-order valence-electron chi connectivity index (χ2n) is 9.45. The van der Waals surface area contributed by atoms with Crippen LogP contribution in [0.2, 0.25) is 0 Å². The van der Waals surface area contributed by atoms with E-state index in [0.717, 1.165) is 24.0 Å². The standard InChI is InChI=1S/C30H33NO6S/c32-27(19-20-37-29-12-5-4-8-25(29)16-18-30(33)34)17-15-23-7-6-9-26(21-23)31(22-24-13-14-24)38(35,36)28-10-2-1-3-11-28/h1-12,15,17,21,24,27,32H,13-14,16,18-20,22H2,(H,33,34)/b17-15+/t27-/m0/s1. The minimum atomic E-state index is -3.70. The molecule has 38 heavy (non-hydrogen) atoms. The van der Waals surface area contributed by atoms with Crippen LogP contribution in [0.1, 0.15) is 36.8 Å². The Labute approximate surface area is 224 Å². The number of benzene rings is 3. The molecule has 0 aliphatic heterocycles. The van der Waals surface area contributed by atoms with Gasteiger partial charge >= 0.3 is 5.97 Å². The zero-order chi connectivity index (χ0) is 27.0. The maximum atomic E-state index is 13.4. The molecule has 0 amide bonds. The third kappa shape index (κ3) is 7.69. The molecule has 1 aliphatic rings. The molecule has 4 rings (SSSR count). The topological polar surface area (TPSA) is 104 Å². The van der Waals surface area contributed by atoms with Crippen molar-refractivity contribution in [2.24, 2.45) is 5.92 Å². The molecule has 2 N–H and O–H groups in total. The van der Waals surface area contributed by atoms with Gasteiger partial charge in [0.1, 0.15) is 5.75 Å². The van der Waals surface area contributed by atoms with Gasteiger partial charge in [0.15, 0.2) is 0 Å². The van der Waals surface area contributed by atoms with Gasteiger partial charge in [-0.1, -0.05) is 60.7 Å². The van der Waals surface area contributed by atoms with E-state index < -0.39 is 22.1 Å². The van der Waals surface area contributed by atoms with Gasteiger partial charge in [0, 0.05) is 19.4 Å². The Balaban J connectivity index is 1.39. The van der Waals surface area contributed by atoms with Crippen LogP contribution in [0.15, 0.2) is 89.8 Å². The lowest BCUT2D eigenvalue weighted by atomic mass is 10.1. The molecule has 200 valence electrons. The van der Waals surface area contributed by atoms with E-state index in [4.69, 9.17) is 9.84 Å². The summed E-state index contributed by atoms with van der Waals surface area (Å²) in [5.41, 5.74) is 2.20. The summed E-state index contributed by atoms with van der Waals surface area (Å²) >= 11 is 0. The summed E-state index contributed by atoms with van der Waals surface area (Å²) in [6, 6.07) is 23.1. The first-order valence-corrected chi connectivity index (χ1v) is 14.2. The van der Waals surface area contributed by atoms with E-state index in [2.05, 4.69) is 0 Å². The molecule has 0 radical (unpaired) electrons. The normalized spacial score (nSPS) is 14.3. The summed E-state index contributed by atoms with van der Waals surface area (Å²) in [5, 5.41) is 19.4. The van der Waals surface area contributed by atoms with Gasteiger partial charge in [0.25, 0.3) is 10.0 Å². The van der Waals surface area contributed by atoms with Crippen molar-refractivity contribution in [3.63, 3.8) is 0 Å². The lowest BCUT2D eigenvalue weighted by Crippen LogP contribution is -2.33. The van der Waals surface area contributed by atoms with E-state index in [0.29, 0.717) is 36.7 Å². The molecular weight excluding hydrogens is 502 g/mol. The highest BCUT2D eigenvalue weighted by molar-refractivity contribution is 7.92. The Bertz CT molecular complexity index is 1350. The number of sulfonamides is 1. The number of hydrogen-bond acceptors (Lipinski definition) is 5. The van der Waals surface area contributed by atoms with Crippen molar-refractivity contribution in [3.8, 4) is 5.75 Å². The van der Waals surface area contributed by atoms with Crippen LogP contribution in [0.3, 0.4) is 0 Å². The zero-order valence-electron chi connectivity index (χ0n) is 21.1. The second-order valence-corrected chi connectivity index (χ2v) is 11.3. The molecule has 1 atom stereocenters. The number of carbonyl (C=O) groups is 1. The average molecular weight is 536 g/mol. The first-order valence-electron chi connectivity index (χ1n) is 12.8. The lowest BCUT2D eigenvalue weighted by Gasteiger charge is -2.25. The predicted octanol–water partition coefficient (Wildman–Crippen LogP) is 5.15. The average Bonchev–Trinajstić information content (AvgIpc) is 3.75. The van der Waals surface area contributed by atoms with Crippen LogP contribution in [-0.2, 0) is 21.2 Å². The van der Waals surface area contributed by atoms with Crippen LogP contribution < -0.4 is 9.04 Å². The summed E-state index contributed by atoms with van der Waals surface area (Å²) in [6.07, 6.45) is 5.48. The fourth-order valence-corrected chi connectivity index (χ4v) is 5.64. The molecule has 3 aromatic carbocycles. The lowest BCUT2D eigenvalue weighted by molar-refractivity contribution is -0.136. The number of ether oxygens (including phenoxy) is 1. The van der Waals surface area contributed by atoms with Crippen molar-refractivity contribution < 1.29 is 28.2 Å². The Morgan fingerprint density at radius 3 is 2.50 bits per heavy atom. The first kappa shape index (κ1) is 27.4. The molecule has 0 heterocycles. The van der Waals surface area contributed by atoms with Crippen LogP contribution in [0, 0.1) is 5.92 Å². The molecule has 0 aromatic heterocycles. The Hall–Kier alpha value is -3.62. The van der Waals surface area contributed by atoms with E-state index in [1.54, 1.807) is 54.6 Å². The molecule has 3 aromatic rings. The number of anilines is 1. The van der Waals surface area contributed by atoms with Gasteiger partial charge in [-0.15, -0.1) is 0 Å². The maximum absolute atomic E-state index is 13.4. The maximum Gasteiger partial charge on any atom is 0.303 e. The number of aliphatic hydroxyl groups is 1. The molecule has 0 spiro atoms. The second kappa shape index (κ2) is 12.8. The summed E-state index contributed by atoms with van der Waals surface area (Å²) in [4.78, 5) is 11.1. The molecular formula is C30H33NO6S. The Morgan fingerprint density at radius 1 is 1.03 bits per heavy atom.